The molecule has 0 bridgehead atoms. The topological polar surface area (TPSA) is 125 Å². The number of aliphatic hydroxyl groups is 1. The first kappa shape index (κ1) is 26.5. The Morgan fingerprint density at radius 3 is 2.34 bits per heavy atom. The molecule has 5 N–H and O–H groups in total. The minimum Gasteiger partial charge on any atom is -0.384 e. The maximum Gasteiger partial charge on any atom is 0.316 e. The zero-order valence-corrected chi connectivity index (χ0v) is 21.2. The molecule has 2 aromatic carbocycles. The number of anilines is 1. The molecule has 9 heteroatoms. The van der Waals surface area contributed by atoms with Crippen LogP contribution in [0.4, 0.5) is 10.5 Å². The zero-order valence-electron chi connectivity index (χ0n) is 20.5. The molecule has 1 saturated heterocycles. The lowest BCUT2D eigenvalue weighted by atomic mass is 9.66. The SMILES string of the molecule is CC(C)C(NC(=O)c1cccc(NC(N)=O)c1)C(=O)N1CCC(O)(c2ccc(Cl)cc2)C(C)(C)C1. The molecule has 4 amide bonds. The second-order valence-electron chi connectivity index (χ2n) is 10.0. The average Bonchev–Trinajstić information content (AvgIpc) is 2.78. The van der Waals surface area contributed by atoms with Crippen LogP contribution in [0.5, 0.6) is 0 Å². The van der Waals surface area contributed by atoms with E-state index in [1.54, 1.807) is 35.2 Å². The van der Waals surface area contributed by atoms with Gasteiger partial charge >= 0.3 is 6.03 Å². The number of piperidine rings is 1. The molecule has 0 aromatic heterocycles. The summed E-state index contributed by atoms with van der Waals surface area (Å²) in [4.78, 5) is 39.3. The molecule has 8 nitrogen and oxygen atoms in total. The number of nitrogens with zero attached hydrogens (tertiary/aromatic N) is 1. The monoisotopic (exact) mass is 500 g/mol. The number of amides is 4. The number of primary amides is 1. The molecular weight excluding hydrogens is 468 g/mol. The van der Waals surface area contributed by atoms with E-state index >= 15 is 0 Å². The van der Waals surface area contributed by atoms with Crippen LogP contribution in [0, 0.1) is 11.3 Å². The highest BCUT2D eigenvalue weighted by atomic mass is 35.5. The molecule has 1 aliphatic rings. The molecule has 1 fully saturated rings. The van der Waals surface area contributed by atoms with Crippen molar-refractivity contribution < 1.29 is 19.5 Å². The first-order chi connectivity index (χ1) is 16.3. The van der Waals surface area contributed by atoms with Gasteiger partial charge in [0.2, 0.25) is 5.91 Å². The number of nitrogens with two attached hydrogens (primary N) is 1. The second kappa shape index (κ2) is 10.3. The Hall–Kier alpha value is -3.10. The molecule has 0 spiro atoms. The molecular formula is C26H33ClN4O4. The Balaban J connectivity index is 1.76. The molecule has 1 heterocycles. The quantitative estimate of drug-likeness (QED) is 0.482. The van der Waals surface area contributed by atoms with Crippen molar-refractivity contribution in [2.45, 2.75) is 45.8 Å². The second-order valence-corrected chi connectivity index (χ2v) is 10.5. The number of urea groups is 1. The minimum atomic E-state index is -1.13. The van der Waals surface area contributed by atoms with Crippen molar-refractivity contribution in [3.8, 4) is 0 Å². The van der Waals surface area contributed by atoms with Gasteiger partial charge in [0, 0.05) is 34.8 Å². The van der Waals surface area contributed by atoms with Gasteiger partial charge in [0.05, 0.1) is 5.60 Å². The van der Waals surface area contributed by atoms with Gasteiger partial charge in [0.15, 0.2) is 0 Å². The fourth-order valence-electron chi connectivity index (χ4n) is 4.59. The van der Waals surface area contributed by atoms with Crippen molar-refractivity contribution in [3.63, 3.8) is 0 Å². The van der Waals surface area contributed by atoms with Crippen molar-refractivity contribution >= 4 is 35.1 Å². The normalized spacial score (nSPS) is 20.3. The van der Waals surface area contributed by atoms with Gasteiger partial charge in [-0.3, -0.25) is 9.59 Å². The molecule has 188 valence electrons. The molecule has 2 aromatic rings. The third-order valence-electron chi connectivity index (χ3n) is 6.69. The summed E-state index contributed by atoms with van der Waals surface area (Å²) in [6.45, 7) is 8.27. The number of likely N-dealkylation sites (tertiary alicyclic amines) is 1. The highest BCUT2D eigenvalue weighted by molar-refractivity contribution is 6.30. The van der Waals surface area contributed by atoms with Crippen molar-refractivity contribution in [2.75, 3.05) is 18.4 Å². The lowest BCUT2D eigenvalue weighted by Gasteiger charge is -2.51. The van der Waals surface area contributed by atoms with Gasteiger partial charge < -0.3 is 26.4 Å². The van der Waals surface area contributed by atoms with Crippen molar-refractivity contribution in [1.82, 2.24) is 10.2 Å². The Morgan fingerprint density at radius 2 is 1.77 bits per heavy atom. The van der Waals surface area contributed by atoms with Crippen LogP contribution in [0.2, 0.25) is 5.02 Å². The van der Waals surface area contributed by atoms with Gasteiger partial charge in [0.1, 0.15) is 6.04 Å². The van der Waals surface area contributed by atoms with Crippen LogP contribution in [0.1, 0.15) is 50.0 Å². The number of carbonyl (C=O) groups is 3. The summed E-state index contributed by atoms with van der Waals surface area (Å²) in [6.07, 6.45) is 0.354. The van der Waals surface area contributed by atoms with E-state index < -0.39 is 29.0 Å². The highest BCUT2D eigenvalue weighted by Gasteiger charge is 2.50. The highest BCUT2D eigenvalue weighted by Crippen LogP contribution is 2.46. The summed E-state index contributed by atoms with van der Waals surface area (Å²) in [5.74, 6) is -0.802. The van der Waals surface area contributed by atoms with E-state index in [0.29, 0.717) is 35.8 Å². The van der Waals surface area contributed by atoms with Crippen molar-refractivity contribution in [3.05, 3.63) is 64.7 Å². The van der Waals surface area contributed by atoms with Crippen LogP contribution in [0.25, 0.3) is 0 Å². The largest absolute Gasteiger partial charge is 0.384 e. The van der Waals surface area contributed by atoms with E-state index in [9.17, 15) is 19.5 Å². The molecule has 3 rings (SSSR count). The van der Waals surface area contributed by atoms with Crippen LogP contribution in [-0.4, -0.2) is 47.0 Å². The van der Waals surface area contributed by atoms with Gasteiger partial charge in [-0.1, -0.05) is 57.5 Å². The number of nitrogens with one attached hydrogen (secondary N) is 2. The van der Waals surface area contributed by atoms with Crippen LogP contribution >= 0.6 is 11.6 Å². The lowest BCUT2D eigenvalue weighted by Crippen LogP contribution is -2.60. The van der Waals surface area contributed by atoms with Crippen LogP contribution in [-0.2, 0) is 10.4 Å². The van der Waals surface area contributed by atoms with E-state index in [2.05, 4.69) is 10.6 Å². The van der Waals surface area contributed by atoms with E-state index in [1.807, 2.05) is 39.8 Å². The summed E-state index contributed by atoms with van der Waals surface area (Å²) in [7, 11) is 0. The summed E-state index contributed by atoms with van der Waals surface area (Å²) >= 11 is 6.02. The number of halogens is 1. The zero-order chi connectivity index (χ0) is 26.0. The maximum absolute atomic E-state index is 13.5. The number of benzene rings is 2. The molecule has 2 atom stereocenters. The summed E-state index contributed by atoms with van der Waals surface area (Å²) in [5, 5.41) is 17.5. The van der Waals surface area contributed by atoms with Gasteiger partial charge in [-0.15, -0.1) is 0 Å². The summed E-state index contributed by atoms with van der Waals surface area (Å²) < 4.78 is 0. The number of rotatable bonds is 6. The van der Waals surface area contributed by atoms with Crippen LogP contribution < -0.4 is 16.4 Å². The lowest BCUT2D eigenvalue weighted by molar-refractivity contribution is -0.155. The van der Waals surface area contributed by atoms with Gasteiger partial charge in [-0.05, 0) is 48.2 Å². The summed E-state index contributed by atoms with van der Waals surface area (Å²) in [6, 6.07) is 12.0. The Morgan fingerprint density at radius 1 is 1.11 bits per heavy atom. The third-order valence-corrected chi connectivity index (χ3v) is 6.95. The van der Waals surface area contributed by atoms with Crippen molar-refractivity contribution in [2.24, 2.45) is 17.1 Å². The molecule has 0 saturated carbocycles. The minimum absolute atomic E-state index is 0.168. The predicted octanol–water partition coefficient (Wildman–Crippen LogP) is 3.73. The smallest absolute Gasteiger partial charge is 0.316 e. The number of hydrogen-bond donors (Lipinski definition) is 4. The van der Waals surface area contributed by atoms with Gasteiger partial charge in [-0.2, -0.15) is 0 Å². The van der Waals surface area contributed by atoms with Crippen molar-refractivity contribution in [1.29, 1.82) is 0 Å². The third kappa shape index (κ3) is 5.77. The van der Waals surface area contributed by atoms with Gasteiger partial charge in [0.25, 0.3) is 5.91 Å². The Kier molecular flexibility index (Phi) is 7.77. The average molecular weight is 501 g/mol. The fraction of sp³-hybridized carbons (Fsp3) is 0.423. The maximum atomic E-state index is 13.5. The Bertz CT molecular complexity index is 1100. The molecule has 0 aliphatic carbocycles. The van der Waals surface area contributed by atoms with Gasteiger partial charge in [-0.25, -0.2) is 4.79 Å². The Labute approximate surface area is 210 Å². The van der Waals surface area contributed by atoms with E-state index in [4.69, 9.17) is 17.3 Å². The standard InChI is InChI=1S/C26H33ClN4O4/c1-16(2)21(30-22(32)17-6-5-7-20(14-17)29-24(28)34)23(33)31-13-12-26(35,25(3,4)15-31)18-8-10-19(27)11-9-18/h5-11,14,16,21,35H,12-13,15H2,1-4H3,(H,30,32)(H3,28,29,34). The van der Waals surface area contributed by atoms with E-state index in [-0.39, 0.29) is 11.8 Å². The van der Waals surface area contributed by atoms with Crippen LogP contribution in [0.3, 0.4) is 0 Å². The predicted molar refractivity (Wildman–Crippen MR) is 136 cm³/mol. The number of carbonyl (C=O) groups excluding carboxylic acids is 3. The van der Waals surface area contributed by atoms with E-state index in [0.717, 1.165) is 5.56 Å². The fourth-order valence-corrected chi connectivity index (χ4v) is 4.71. The molecule has 1 aliphatic heterocycles. The first-order valence-electron chi connectivity index (χ1n) is 11.6. The molecule has 2 unspecified atom stereocenters. The molecule has 0 radical (unpaired) electrons. The summed E-state index contributed by atoms with van der Waals surface area (Å²) in [5.41, 5.74) is 4.83. The number of hydrogen-bond acceptors (Lipinski definition) is 4. The van der Waals surface area contributed by atoms with E-state index in [1.165, 1.54) is 6.07 Å². The van der Waals surface area contributed by atoms with Crippen LogP contribution in [0.15, 0.2) is 48.5 Å². The first-order valence-corrected chi connectivity index (χ1v) is 12.0. The molecule has 35 heavy (non-hydrogen) atoms.